The summed E-state index contributed by atoms with van der Waals surface area (Å²) in [4.78, 5) is 2.57. The van der Waals surface area contributed by atoms with E-state index in [2.05, 4.69) is 291 Å². The Kier molecular flexibility index (Phi) is 9.55. The van der Waals surface area contributed by atoms with Crippen LogP contribution in [0.2, 0.25) is 13.1 Å². The molecule has 0 atom stereocenters. The van der Waals surface area contributed by atoms with Crippen LogP contribution < -0.4 is 15.3 Å². The molecule has 1 spiro atoms. The number of rotatable bonds is 7. The lowest BCUT2D eigenvalue weighted by atomic mass is 9.67. The predicted molar refractivity (Wildman–Crippen MR) is 303 cm³/mol. The largest absolute Gasteiger partial charge is 0.310 e. The highest BCUT2D eigenvalue weighted by Crippen LogP contribution is 2.60. The van der Waals surface area contributed by atoms with Crippen LogP contribution >= 0.6 is 0 Å². The van der Waals surface area contributed by atoms with Crippen LogP contribution in [0.15, 0.2) is 273 Å². The summed E-state index contributed by atoms with van der Waals surface area (Å²) in [6.07, 6.45) is 0. The molecule has 340 valence electrons. The van der Waals surface area contributed by atoms with Gasteiger partial charge in [-0.25, -0.2) is 0 Å². The van der Waals surface area contributed by atoms with E-state index in [9.17, 15) is 0 Å². The molecular formula is C70H51NSi. The minimum atomic E-state index is -2.10. The molecular weight excluding hydrogens is 883 g/mol. The molecule has 0 aromatic heterocycles. The maximum atomic E-state index is 2.57. The molecule has 2 aliphatic carbocycles. The first-order valence-corrected chi connectivity index (χ1v) is 28.3. The molecule has 0 radical (unpaired) electrons. The summed E-state index contributed by atoms with van der Waals surface area (Å²) < 4.78 is 0. The average molecular weight is 934 g/mol. The molecule has 1 aliphatic heterocycles. The van der Waals surface area contributed by atoms with Crippen LogP contribution in [0.25, 0.3) is 44.5 Å². The van der Waals surface area contributed by atoms with E-state index in [0.717, 1.165) is 22.6 Å². The van der Waals surface area contributed by atoms with Crippen molar-refractivity contribution in [1.29, 1.82) is 0 Å². The molecule has 11 aromatic carbocycles. The minimum absolute atomic E-state index is 0.516. The summed E-state index contributed by atoms with van der Waals surface area (Å²) in [5.41, 5.74) is 22.7. The maximum absolute atomic E-state index is 2.57. The summed E-state index contributed by atoms with van der Waals surface area (Å²) in [6.45, 7) is 5.08. The Morgan fingerprint density at radius 1 is 0.278 bits per heavy atom. The molecule has 1 heterocycles. The van der Waals surface area contributed by atoms with Gasteiger partial charge in [-0.15, -0.1) is 0 Å². The molecule has 0 N–H and O–H groups in total. The fourth-order valence-corrected chi connectivity index (χ4v) is 16.6. The smallest absolute Gasteiger partial charge is 0.113 e. The topological polar surface area (TPSA) is 3.24 Å². The monoisotopic (exact) mass is 933 g/mol. The fourth-order valence-electron chi connectivity index (χ4n) is 13.4. The van der Waals surface area contributed by atoms with Crippen molar-refractivity contribution < 1.29 is 0 Å². The highest BCUT2D eigenvalue weighted by Gasteiger charge is 2.54. The molecule has 0 saturated heterocycles. The van der Waals surface area contributed by atoms with Gasteiger partial charge in [-0.05, 0) is 130 Å². The van der Waals surface area contributed by atoms with Gasteiger partial charge in [-0.1, -0.05) is 250 Å². The van der Waals surface area contributed by atoms with Crippen molar-refractivity contribution in [2.24, 2.45) is 0 Å². The number of benzene rings is 11. The van der Waals surface area contributed by atoms with E-state index in [-0.39, 0.29) is 0 Å². The zero-order valence-electron chi connectivity index (χ0n) is 40.4. The SMILES string of the molecule is C[Si]1(C)c2ccccc2C2(c3ccccc3-c3ccc(N(c4ccc5c(c4)C(c4ccccc4)(c4ccccc4)c4ccccc4-5)c4ccc(-c5ccccc5)cc4-c4ccccc4)cc32)c2ccccc21. The van der Waals surface area contributed by atoms with E-state index in [1.807, 2.05) is 0 Å². The van der Waals surface area contributed by atoms with Crippen molar-refractivity contribution >= 4 is 35.5 Å². The van der Waals surface area contributed by atoms with Gasteiger partial charge in [0.05, 0.1) is 16.5 Å². The van der Waals surface area contributed by atoms with E-state index in [1.165, 1.54) is 93.8 Å². The summed E-state index contributed by atoms with van der Waals surface area (Å²) in [5.74, 6) is 0. The molecule has 2 heteroatoms. The number of hydrogen-bond donors (Lipinski definition) is 0. The third kappa shape index (κ3) is 5.94. The van der Waals surface area contributed by atoms with E-state index in [0.29, 0.717) is 0 Å². The summed E-state index contributed by atoms with van der Waals surface area (Å²) in [6, 6.07) is 103. The zero-order valence-corrected chi connectivity index (χ0v) is 41.4. The van der Waals surface area contributed by atoms with Crippen LogP contribution in [0.1, 0.15) is 44.5 Å². The molecule has 0 amide bonds. The van der Waals surface area contributed by atoms with Gasteiger partial charge in [0.1, 0.15) is 8.07 Å². The first-order valence-electron chi connectivity index (χ1n) is 25.3. The summed E-state index contributed by atoms with van der Waals surface area (Å²) >= 11 is 0. The second-order valence-electron chi connectivity index (χ2n) is 20.3. The predicted octanol–water partition coefficient (Wildman–Crippen LogP) is 16.4. The van der Waals surface area contributed by atoms with Gasteiger partial charge in [-0.3, -0.25) is 0 Å². The highest BCUT2D eigenvalue weighted by atomic mass is 28.3. The van der Waals surface area contributed by atoms with Gasteiger partial charge in [0.2, 0.25) is 0 Å². The van der Waals surface area contributed by atoms with Crippen molar-refractivity contribution in [1.82, 2.24) is 0 Å². The second kappa shape index (κ2) is 16.2. The van der Waals surface area contributed by atoms with Crippen LogP contribution in [-0.2, 0) is 10.8 Å². The minimum Gasteiger partial charge on any atom is -0.310 e. The molecule has 11 aromatic rings. The average Bonchev–Trinajstić information content (AvgIpc) is 3.91. The van der Waals surface area contributed by atoms with Crippen molar-refractivity contribution in [3.8, 4) is 44.5 Å². The van der Waals surface area contributed by atoms with Gasteiger partial charge in [0, 0.05) is 16.9 Å². The fraction of sp³-hybridized carbons (Fsp3) is 0.0571. The molecule has 0 bridgehead atoms. The Morgan fingerprint density at radius 3 is 1.21 bits per heavy atom. The molecule has 14 rings (SSSR count). The van der Waals surface area contributed by atoms with Gasteiger partial charge in [-0.2, -0.15) is 0 Å². The second-order valence-corrected chi connectivity index (χ2v) is 24.6. The molecule has 0 fully saturated rings. The normalized spacial score (nSPS) is 14.6. The lowest BCUT2D eigenvalue weighted by molar-refractivity contribution is 0.768. The molecule has 0 unspecified atom stereocenters. The van der Waals surface area contributed by atoms with E-state index in [4.69, 9.17) is 0 Å². The third-order valence-electron chi connectivity index (χ3n) is 16.4. The lowest BCUT2D eigenvalue weighted by Crippen LogP contribution is -2.63. The van der Waals surface area contributed by atoms with Crippen molar-refractivity contribution in [2.75, 3.05) is 4.90 Å². The number of fused-ring (bicyclic) bond motifs is 12. The van der Waals surface area contributed by atoms with Crippen molar-refractivity contribution in [3.63, 3.8) is 0 Å². The van der Waals surface area contributed by atoms with Crippen LogP contribution in [-0.4, -0.2) is 8.07 Å². The van der Waals surface area contributed by atoms with Crippen molar-refractivity contribution in [2.45, 2.75) is 23.9 Å². The molecule has 0 saturated carbocycles. The Labute approximate surface area is 424 Å². The zero-order chi connectivity index (χ0) is 48.0. The summed E-state index contributed by atoms with van der Waals surface area (Å²) in [5, 5.41) is 3.01. The third-order valence-corrected chi connectivity index (χ3v) is 20.0. The van der Waals surface area contributed by atoms with Crippen LogP contribution in [0.4, 0.5) is 17.1 Å². The van der Waals surface area contributed by atoms with E-state index in [1.54, 1.807) is 0 Å². The standard InChI is InChI=1S/C70H51NSi/c1-72(2)67-37-21-19-35-62(67)70(63-36-20-22-38-68(63)72)61-34-18-16-32-56(61)58-43-41-54(47-65(58)70)71(66-44-39-50(48-23-7-3-8-24-48)45-59(66)49-25-9-4-10-26-49)53-40-42-57-55-31-15-17-33-60(55)69(64(57)46-53,51-27-11-5-12-28-51)52-29-13-6-14-30-52/h3-47H,1-2H3. The van der Waals surface area contributed by atoms with E-state index >= 15 is 0 Å². The first kappa shape index (κ1) is 42.3. The van der Waals surface area contributed by atoms with Crippen LogP contribution in [0.5, 0.6) is 0 Å². The maximum Gasteiger partial charge on any atom is 0.113 e. The number of anilines is 3. The molecule has 3 aliphatic rings. The Hall–Kier alpha value is -8.56. The Morgan fingerprint density at radius 2 is 0.681 bits per heavy atom. The van der Waals surface area contributed by atoms with Gasteiger partial charge < -0.3 is 4.90 Å². The van der Waals surface area contributed by atoms with Gasteiger partial charge >= 0.3 is 0 Å². The first-order chi connectivity index (χ1) is 35.5. The van der Waals surface area contributed by atoms with Gasteiger partial charge in [0.15, 0.2) is 0 Å². The highest BCUT2D eigenvalue weighted by molar-refractivity contribution is 7.01. The lowest BCUT2D eigenvalue weighted by Gasteiger charge is -2.46. The number of hydrogen-bond acceptors (Lipinski definition) is 1. The summed E-state index contributed by atoms with van der Waals surface area (Å²) in [7, 11) is -2.10. The Balaban J connectivity index is 1.09. The van der Waals surface area contributed by atoms with Crippen LogP contribution in [0.3, 0.4) is 0 Å². The van der Waals surface area contributed by atoms with Crippen LogP contribution in [0, 0.1) is 0 Å². The quantitative estimate of drug-likeness (QED) is 0.144. The molecule has 1 nitrogen and oxygen atoms in total. The van der Waals surface area contributed by atoms with E-state index < -0.39 is 18.9 Å². The molecule has 72 heavy (non-hydrogen) atoms. The van der Waals surface area contributed by atoms with Crippen molar-refractivity contribution in [3.05, 3.63) is 317 Å². The van der Waals surface area contributed by atoms with Gasteiger partial charge in [0.25, 0.3) is 0 Å². The Bertz CT molecular complexity index is 3810. The number of nitrogens with zero attached hydrogens (tertiary/aromatic N) is 1.